The van der Waals surface area contributed by atoms with Gasteiger partial charge >= 0.3 is 12.1 Å². The molecule has 0 fully saturated rings. The Morgan fingerprint density at radius 1 is 1.32 bits per heavy atom. The third-order valence-electron chi connectivity index (χ3n) is 2.24. The number of carbonyl (C=O) groups excluding carboxylic acids is 1. The molecule has 0 saturated carbocycles. The van der Waals surface area contributed by atoms with E-state index in [1.54, 1.807) is 6.92 Å². The molecule has 0 aromatic rings. The second-order valence-corrected chi connectivity index (χ2v) is 4.26. The molecule has 1 atom stereocenters. The lowest BCUT2D eigenvalue weighted by atomic mass is 10.1. The van der Waals surface area contributed by atoms with Gasteiger partial charge in [0.2, 0.25) is 5.91 Å². The van der Waals surface area contributed by atoms with Crippen molar-refractivity contribution in [3.63, 3.8) is 0 Å². The highest BCUT2D eigenvalue weighted by Gasteiger charge is 2.27. The first-order valence-electron chi connectivity index (χ1n) is 5.83. The number of amides is 1. The van der Waals surface area contributed by atoms with Crippen LogP contribution in [0.2, 0.25) is 0 Å². The summed E-state index contributed by atoms with van der Waals surface area (Å²) in [6, 6.07) is 0. The number of halogens is 3. The minimum Gasteiger partial charge on any atom is -0.481 e. The van der Waals surface area contributed by atoms with Crippen LogP contribution in [0, 0.1) is 5.92 Å². The molecule has 19 heavy (non-hydrogen) atoms. The highest BCUT2D eigenvalue weighted by atomic mass is 19.4. The Morgan fingerprint density at radius 3 is 2.47 bits per heavy atom. The molecular weight excluding hydrogens is 267 g/mol. The van der Waals surface area contributed by atoms with E-state index in [9.17, 15) is 22.8 Å². The Morgan fingerprint density at radius 2 is 1.95 bits per heavy atom. The Labute approximate surface area is 109 Å². The van der Waals surface area contributed by atoms with E-state index in [0.717, 1.165) is 0 Å². The maximum Gasteiger partial charge on any atom is 0.411 e. The van der Waals surface area contributed by atoms with E-state index in [-0.39, 0.29) is 25.4 Å². The largest absolute Gasteiger partial charge is 0.481 e. The van der Waals surface area contributed by atoms with Gasteiger partial charge in [-0.3, -0.25) is 9.59 Å². The number of aliphatic carboxylic acids is 1. The van der Waals surface area contributed by atoms with Gasteiger partial charge in [0.05, 0.1) is 6.61 Å². The van der Waals surface area contributed by atoms with Gasteiger partial charge in [-0.05, 0) is 12.3 Å². The van der Waals surface area contributed by atoms with Gasteiger partial charge in [-0.15, -0.1) is 0 Å². The third kappa shape index (κ3) is 12.9. The van der Waals surface area contributed by atoms with Gasteiger partial charge in [0.1, 0.15) is 6.61 Å². The summed E-state index contributed by atoms with van der Waals surface area (Å²) in [5, 5.41) is 11.0. The zero-order chi connectivity index (χ0) is 14.9. The first kappa shape index (κ1) is 17.7. The van der Waals surface area contributed by atoms with E-state index in [1.807, 2.05) is 0 Å². The smallest absolute Gasteiger partial charge is 0.411 e. The molecule has 1 unspecified atom stereocenters. The molecule has 0 spiro atoms. The molecule has 0 radical (unpaired) electrons. The SMILES string of the molecule is CC(CCC(=O)O)CNC(=O)CCOCC(F)(F)F. The second kappa shape index (κ2) is 8.73. The molecule has 0 rings (SSSR count). The molecule has 2 N–H and O–H groups in total. The summed E-state index contributed by atoms with van der Waals surface area (Å²) < 4.78 is 39.4. The van der Waals surface area contributed by atoms with Crippen LogP contribution in [0.5, 0.6) is 0 Å². The zero-order valence-corrected chi connectivity index (χ0v) is 10.6. The van der Waals surface area contributed by atoms with E-state index in [2.05, 4.69) is 10.1 Å². The highest BCUT2D eigenvalue weighted by molar-refractivity contribution is 5.75. The normalized spacial score (nSPS) is 13.1. The number of carboxylic acid groups (broad SMARTS) is 1. The molecule has 0 saturated heterocycles. The average molecular weight is 285 g/mol. The molecular formula is C11H18F3NO4. The van der Waals surface area contributed by atoms with E-state index in [1.165, 1.54) is 0 Å². The maximum atomic E-state index is 11.7. The molecule has 0 heterocycles. The van der Waals surface area contributed by atoms with Gasteiger partial charge in [0.15, 0.2) is 0 Å². The first-order chi connectivity index (χ1) is 8.70. The van der Waals surface area contributed by atoms with Crippen LogP contribution >= 0.6 is 0 Å². The molecule has 0 bridgehead atoms. The number of alkyl halides is 3. The monoisotopic (exact) mass is 285 g/mol. The fraction of sp³-hybridized carbons (Fsp3) is 0.818. The predicted octanol–water partition coefficient (Wildman–Crippen LogP) is 1.57. The summed E-state index contributed by atoms with van der Waals surface area (Å²) >= 11 is 0. The van der Waals surface area contributed by atoms with Crippen LogP contribution < -0.4 is 5.32 Å². The Balaban J connectivity index is 3.56. The van der Waals surface area contributed by atoms with E-state index in [4.69, 9.17) is 5.11 Å². The fourth-order valence-electron chi connectivity index (χ4n) is 1.20. The van der Waals surface area contributed by atoms with Crippen molar-refractivity contribution in [2.24, 2.45) is 5.92 Å². The van der Waals surface area contributed by atoms with Crippen LogP contribution in [-0.4, -0.2) is 42.9 Å². The van der Waals surface area contributed by atoms with Gasteiger partial charge < -0.3 is 15.2 Å². The van der Waals surface area contributed by atoms with Crippen molar-refractivity contribution in [2.75, 3.05) is 19.8 Å². The summed E-state index contributed by atoms with van der Waals surface area (Å²) in [6.07, 6.45) is -4.09. The van der Waals surface area contributed by atoms with Crippen LogP contribution in [0.15, 0.2) is 0 Å². The van der Waals surface area contributed by atoms with Crippen molar-refractivity contribution >= 4 is 11.9 Å². The van der Waals surface area contributed by atoms with Gasteiger partial charge in [-0.25, -0.2) is 0 Å². The van der Waals surface area contributed by atoms with Crippen LogP contribution in [-0.2, 0) is 14.3 Å². The van der Waals surface area contributed by atoms with E-state index < -0.39 is 24.7 Å². The predicted molar refractivity (Wildman–Crippen MR) is 60.5 cm³/mol. The lowest BCUT2D eigenvalue weighted by molar-refractivity contribution is -0.174. The summed E-state index contributed by atoms with van der Waals surface area (Å²) in [5.41, 5.74) is 0. The van der Waals surface area contributed by atoms with Gasteiger partial charge in [0.25, 0.3) is 0 Å². The van der Waals surface area contributed by atoms with Crippen molar-refractivity contribution in [3.05, 3.63) is 0 Å². The molecule has 0 aliphatic heterocycles. The number of rotatable bonds is 9. The quantitative estimate of drug-likeness (QED) is 0.631. The minimum atomic E-state index is -4.39. The number of hydrogen-bond donors (Lipinski definition) is 2. The fourth-order valence-corrected chi connectivity index (χ4v) is 1.20. The van der Waals surface area contributed by atoms with Crippen LogP contribution in [0.1, 0.15) is 26.2 Å². The Bertz CT molecular complexity index is 294. The molecule has 5 nitrogen and oxygen atoms in total. The number of nitrogens with one attached hydrogen (secondary N) is 1. The summed E-state index contributed by atoms with van der Waals surface area (Å²) in [6.45, 7) is 0.416. The number of carboxylic acids is 1. The summed E-state index contributed by atoms with van der Waals surface area (Å²) in [4.78, 5) is 21.5. The number of ether oxygens (including phenoxy) is 1. The molecule has 1 amide bonds. The van der Waals surface area contributed by atoms with Gasteiger partial charge in [-0.1, -0.05) is 6.92 Å². The molecule has 0 aromatic carbocycles. The Hall–Kier alpha value is -1.31. The molecule has 0 aromatic heterocycles. The molecule has 112 valence electrons. The van der Waals surface area contributed by atoms with Gasteiger partial charge in [0, 0.05) is 19.4 Å². The third-order valence-corrected chi connectivity index (χ3v) is 2.24. The van der Waals surface area contributed by atoms with Crippen LogP contribution in [0.3, 0.4) is 0 Å². The minimum absolute atomic E-state index is 0.00357. The zero-order valence-electron chi connectivity index (χ0n) is 10.6. The lowest BCUT2D eigenvalue weighted by Gasteiger charge is -2.12. The van der Waals surface area contributed by atoms with Crippen LogP contribution in [0.25, 0.3) is 0 Å². The van der Waals surface area contributed by atoms with Crippen molar-refractivity contribution in [2.45, 2.75) is 32.4 Å². The van der Waals surface area contributed by atoms with E-state index >= 15 is 0 Å². The summed E-state index contributed by atoms with van der Waals surface area (Å²) in [7, 11) is 0. The Kier molecular flexibility index (Phi) is 8.13. The second-order valence-electron chi connectivity index (χ2n) is 4.26. The summed E-state index contributed by atoms with van der Waals surface area (Å²) in [5.74, 6) is -1.32. The van der Waals surface area contributed by atoms with Gasteiger partial charge in [-0.2, -0.15) is 13.2 Å². The van der Waals surface area contributed by atoms with Crippen LogP contribution in [0.4, 0.5) is 13.2 Å². The number of hydrogen-bond acceptors (Lipinski definition) is 3. The molecule has 0 aliphatic rings. The standard InChI is InChI=1S/C11H18F3NO4/c1-8(2-3-10(17)18)6-15-9(16)4-5-19-7-11(12,13)14/h8H,2-7H2,1H3,(H,15,16)(H,17,18). The van der Waals surface area contributed by atoms with Crippen molar-refractivity contribution in [1.82, 2.24) is 5.32 Å². The van der Waals surface area contributed by atoms with Crippen molar-refractivity contribution in [3.8, 4) is 0 Å². The first-order valence-corrected chi connectivity index (χ1v) is 5.83. The maximum absolute atomic E-state index is 11.7. The molecule has 8 heteroatoms. The lowest BCUT2D eigenvalue weighted by Crippen LogP contribution is -2.29. The number of carbonyl (C=O) groups is 2. The van der Waals surface area contributed by atoms with Crippen molar-refractivity contribution < 1.29 is 32.6 Å². The molecule has 0 aliphatic carbocycles. The highest BCUT2D eigenvalue weighted by Crippen LogP contribution is 2.14. The average Bonchev–Trinajstić information content (AvgIpc) is 2.28. The van der Waals surface area contributed by atoms with E-state index in [0.29, 0.717) is 13.0 Å². The van der Waals surface area contributed by atoms with Crippen molar-refractivity contribution in [1.29, 1.82) is 0 Å². The topological polar surface area (TPSA) is 75.6 Å².